The highest BCUT2D eigenvalue weighted by atomic mass is 16.6. The van der Waals surface area contributed by atoms with Gasteiger partial charge in [-0.25, -0.2) is 0 Å². The van der Waals surface area contributed by atoms with Crippen molar-refractivity contribution in [3.8, 4) is 6.07 Å². The van der Waals surface area contributed by atoms with E-state index in [0.717, 1.165) is 0 Å². The lowest BCUT2D eigenvalue weighted by Crippen LogP contribution is -2.22. The standard InChI is InChI=1S/C11H11N3O4/c12-4-7-1-2-8(3-9(7)14(17)18)13-5-10(15)11(16)6-13/h1-3,10-11,15-16H,5-6H2. The smallest absolute Gasteiger partial charge is 0.289 e. The summed E-state index contributed by atoms with van der Waals surface area (Å²) in [5.41, 5.74) is 0.228. The monoisotopic (exact) mass is 249 g/mol. The summed E-state index contributed by atoms with van der Waals surface area (Å²) in [5.74, 6) is 0. The molecular formula is C11H11N3O4. The van der Waals surface area contributed by atoms with Crippen LogP contribution in [0.25, 0.3) is 0 Å². The van der Waals surface area contributed by atoms with Gasteiger partial charge in [-0.3, -0.25) is 10.1 Å². The molecule has 0 aromatic heterocycles. The first-order valence-electron chi connectivity index (χ1n) is 5.32. The molecule has 2 atom stereocenters. The van der Waals surface area contributed by atoms with E-state index in [2.05, 4.69) is 0 Å². The van der Waals surface area contributed by atoms with Gasteiger partial charge in [-0.2, -0.15) is 5.26 Å². The molecule has 2 rings (SSSR count). The maximum atomic E-state index is 10.8. The van der Waals surface area contributed by atoms with Crippen molar-refractivity contribution in [1.82, 2.24) is 0 Å². The summed E-state index contributed by atoms with van der Waals surface area (Å²) in [6.45, 7) is 0.425. The molecule has 1 saturated heterocycles. The third-order valence-electron chi connectivity index (χ3n) is 2.92. The minimum absolute atomic E-state index is 0.0101. The van der Waals surface area contributed by atoms with Crippen LogP contribution in [0.1, 0.15) is 5.56 Å². The summed E-state index contributed by atoms with van der Waals surface area (Å²) >= 11 is 0. The number of nitro benzene ring substituents is 1. The molecule has 2 N–H and O–H groups in total. The molecule has 1 fully saturated rings. The molecule has 18 heavy (non-hydrogen) atoms. The molecule has 7 nitrogen and oxygen atoms in total. The van der Waals surface area contributed by atoms with E-state index in [1.807, 2.05) is 0 Å². The average molecular weight is 249 g/mol. The summed E-state index contributed by atoms with van der Waals surface area (Å²) in [7, 11) is 0. The number of nitro groups is 1. The fraction of sp³-hybridized carbons (Fsp3) is 0.364. The number of benzene rings is 1. The van der Waals surface area contributed by atoms with Gasteiger partial charge in [0.15, 0.2) is 0 Å². The Hall–Kier alpha value is -2.17. The molecule has 94 valence electrons. The zero-order valence-corrected chi connectivity index (χ0v) is 9.35. The van der Waals surface area contributed by atoms with Crippen LogP contribution in [0, 0.1) is 21.4 Å². The molecule has 7 heteroatoms. The van der Waals surface area contributed by atoms with E-state index >= 15 is 0 Å². The van der Waals surface area contributed by atoms with Gasteiger partial charge in [-0.1, -0.05) is 0 Å². The van der Waals surface area contributed by atoms with E-state index in [-0.39, 0.29) is 24.3 Å². The average Bonchev–Trinajstić information content (AvgIpc) is 2.68. The lowest BCUT2D eigenvalue weighted by atomic mass is 10.1. The van der Waals surface area contributed by atoms with Gasteiger partial charge in [0.2, 0.25) is 0 Å². The first-order valence-corrected chi connectivity index (χ1v) is 5.32. The Morgan fingerprint density at radius 1 is 1.39 bits per heavy atom. The van der Waals surface area contributed by atoms with Crippen LogP contribution in [0.3, 0.4) is 0 Å². The molecular weight excluding hydrogens is 238 g/mol. The minimum atomic E-state index is -0.861. The van der Waals surface area contributed by atoms with Crippen LogP contribution in [-0.4, -0.2) is 40.4 Å². The Morgan fingerprint density at radius 3 is 2.50 bits per heavy atom. The highest BCUT2D eigenvalue weighted by Crippen LogP contribution is 2.27. The predicted octanol–water partition coefficient (Wildman–Crippen LogP) is 0.00828. The van der Waals surface area contributed by atoms with Gasteiger partial charge >= 0.3 is 0 Å². The Bertz CT molecular complexity index is 516. The minimum Gasteiger partial charge on any atom is -0.389 e. The van der Waals surface area contributed by atoms with Crippen molar-refractivity contribution < 1.29 is 15.1 Å². The SMILES string of the molecule is N#Cc1ccc(N2CC(O)C(O)C2)cc1[N+](=O)[O-]. The van der Waals surface area contributed by atoms with Gasteiger partial charge in [0.25, 0.3) is 5.69 Å². The van der Waals surface area contributed by atoms with Crippen LogP contribution in [-0.2, 0) is 0 Å². The Balaban J connectivity index is 2.34. The topological polar surface area (TPSA) is 111 Å². The third kappa shape index (κ3) is 2.11. The molecule has 0 amide bonds. The summed E-state index contributed by atoms with van der Waals surface area (Å²) in [6.07, 6.45) is -1.72. The van der Waals surface area contributed by atoms with Crippen LogP contribution >= 0.6 is 0 Å². The van der Waals surface area contributed by atoms with E-state index in [1.165, 1.54) is 12.1 Å². The first kappa shape index (κ1) is 12.3. The number of rotatable bonds is 2. The van der Waals surface area contributed by atoms with Crippen molar-refractivity contribution in [2.45, 2.75) is 12.2 Å². The van der Waals surface area contributed by atoms with Crippen molar-refractivity contribution in [2.24, 2.45) is 0 Å². The van der Waals surface area contributed by atoms with Crippen molar-refractivity contribution in [3.05, 3.63) is 33.9 Å². The molecule has 0 aliphatic carbocycles. The second-order valence-corrected chi connectivity index (χ2v) is 4.11. The van der Waals surface area contributed by atoms with Crippen molar-refractivity contribution in [1.29, 1.82) is 5.26 Å². The highest BCUT2D eigenvalue weighted by molar-refractivity contribution is 5.60. The molecule has 1 aliphatic rings. The van der Waals surface area contributed by atoms with Crippen molar-refractivity contribution in [3.63, 3.8) is 0 Å². The molecule has 0 radical (unpaired) electrons. The number of hydrogen-bond acceptors (Lipinski definition) is 6. The fourth-order valence-corrected chi connectivity index (χ4v) is 1.94. The number of anilines is 1. The van der Waals surface area contributed by atoms with E-state index in [1.54, 1.807) is 17.0 Å². The molecule has 1 aromatic rings. The van der Waals surface area contributed by atoms with Crippen LogP contribution in [0.2, 0.25) is 0 Å². The second kappa shape index (κ2) is 4.60. The van der Waals surface area contributed by atoms with E-state index < -0.39 is 17.1 Å². The van der Waals surface area contributed by atoms with Crippen molar-refractivity contribution >= 4 is 11.4 Å². The van der Waals surface area contributed by atoms with Crippen LogP contribution in [0.5, 0.6) is 0 Å². The number of nitriles is 1. The summed E-state index contributed by atoms with van der Waals surface area (Å²) in [4.78, 5) is 11.8. The van der Waals surface area contributed by atoms with E-state index in [0.29, 0.717) is 5.69 Å². The van der Waals surface area contributed by atoms with E-state index in [9.17, 15) is 20.3 Å². The molecule has 1 aromatic carbocycles. The zero-order chi connectivity index (χ0) is 13.3. The normalized spacial score (nSPS) is 22.8. The third-order valence-corrected chi connectivity index (χ3v) is 2.92. The summed E-state index contributed by atoms with van der Waals surface area (Å²) < 4.78 is 0. The number of aliphatic hydroxyl groups excluding tert-OH is 2. The predicted molar refractivity (Wildman–Crippen MR) is 62.0 cm³/mol. The van der Waals surface area contributed by atoms with Gasteiger partial charge in [0.05, 0.1) is 17.1 Å². The largest absolute Gasteiger partial charge is 0.389 e. The Labute approximate surface area is 103 Å². The van der Waals surface area contributed by atoms with E-state index in [4.69, 9.17) is 5.26 Å². The molecule has 0 bridgehead atoms. The van der Waals surface area contributed by atoms with Crippen LogP contribution in [0.4, 0.5) is 11.4 Å². The molecule has 1 heterocycles. The van der Waals surface area contributed by atoms with Gasteiger partial charge in [0.1, 0.15) is 11.6 Å². The van der Waals surface area contributed by atoms with Gasteiger partial charge < -0.3 is 15.1 Å². The highest BCUT2D eigenvalue weighted by Gasteiger charge is 2.30. The van der Waals surface area contributed by atoms with Gasteiger partial charge in [-0.05, 0) is 12.1 Å². The lowest BCUT2D eigenvalue weighted by Gasteiger charge is -2.17. The van der Waals surface area contributed by atoms with Crippen LogP contribution in [0.15, 0.2) is 18.2 Å². The Kier molecular flexibility index (Phi) is 3.14. The lowest BCUT2D eigenvalue weighted by molar-refractivity contribution is -0.385. The second-order valence-electron chi connectivity index (χ2n) is 4.11. The number of nitrogens with zero attached hydrogens (tertiary/aromatic N) is 3. The zero-order valence-electron chi connectivity index (χ0n) is 9.35. The molecule has 0 spiro atoms. The summed E-state index contributed by atoms with van der Waals surface area (Å²) in [5, 5.41) is 38.4. The molecule has 0 saturated carbocycles. The molecule has 2 unspecified atom stereocenters. The number of hydrogen-bond donors (Lipinski definition) is 2. The van der Waals surface area contributed by atoms with Crippen molar-refractivity contribution in [2.75, 3.05) is 18.0 Å². The first-order chi connectivity index (χ1) is 8.52. The number of aliphatic hydroxyl groups is 2. The Morgan fingerprint density at radius 2 is 2.00 bits per heavy atom. The quantitative estimate of drug-likeness (QED) is 0.564. The summed E-state index contributed by atoms with van der Waals surface area (Å²) in [6, 6.07) is 5.97. The van der Waals surface area contributed by atoms with Gasteiger partial charge in [0, 0.05) is 24.8 Å². The van der Waals surface area contributed by atoms with Crippen LogP contribution < -0.4 is 4.90 Å². The fourth-order valence-electron chi connectivity index (χ4n) is 1.94. The van der Waals surface area contributed by atoms with Gasteiger partial charge in [-0.15, -0.1) is 0 Å². The number of β-amino-alcohol motifs (C(OH)–C–C–N with tert-alkyl or cyclic N) is 2. The molecule has 1 aliphatic heterocycles. The maximum absolute atomic E-state index is 10.8. The maximum Gasteiger partial charge on any atom is 0.289 e.